The van der Waals surface area contributed by atoms with Gasteiger partial charge >= 0.3 is 0 Å². The first kappa shape index (κ1) is 16.6. The molecule has 1 saturated heterocycles. The maximum absolute atomic E-state index is 10.00. The van der Waals surface area contributed by atoms with Crippen molar-refractivity contribution >= 4 is 12.4 Å². The van der Waals surface area contributed by atoms with E-state index >= 15 is 0 Å². The van der Waals surface area contributed by atoms with Crippen LogP contribution in [0.25, 0.3) is 0 Å². The quantitative estimate of drug-likeness (QED) is 0.906. The molecule has 0 saturated carbocycles. The van der Waals surface area contributed by atoms with Crippen LogP contribution in [-0.2, 0) is 17.6 Å². The summed E-state index contributed by atoms with van der Waals surface area (Å²) in [6, 6.07) is 4.37. The molecular formula is C16H24ClNO3. The Morgan fingerprint density at radius 3 is 2.76 bits per heavy atom. The number of methoxy groups -OCH3 is 1. The second kappa shape index (κ2) is 6.53. The summed E-state index contributed by atoms with van der Waals surface area (Å²) in [7, 11) is 3.88. The maximum Gasteiger partial charge on any atom is 0.122 e. The number of ether oxygens (including phenoxy) is 2. The predicted octanol–water partition coefficient (Wildman–Crippen LogP) is 1.97. The van der Waals surface area contributed by atoms with Crippen molar-refractivity contribution in [1.29, 1.82) is 0 Å². The molecule has 0 amide bonds. The van der Waals surface area contributed by atoms with Crippen molar-refractivity contribution in [3.05, 3.63) is 28.8 Å². The molecule has 3 rings (SSSR count). The summed E-state index contributed by atoms with van der Waals surface area (Å²) < 4.78 is 11.5. The summed E-state index contributed by atoms with van der Waals surface area (Å²) in [5.74, 6) is 0.932. The first-order valence-electron chi connectivity index (χ1n) is 7.30. The lowest BCUT2D eigenvalue weighted by molar-refractivity contribution is -0.0648. The van der Waals surface area contributed by atoms with E-state index < -0.39 is 6.10 Å². The molecule has 21 heavy (non-hydrogen) atoms. The van der Waals surface area contributed by atoms with Gasteiger partial charge in [-0.15, -0.1) is 12.4 Å². The standard InChI is InChI=1S/C16H23NO3.ClH/c1-10(18)11-4-5-15(19-3)13-8-14-16(9-12(11)13)20-7-6-17(14)2;/h4-5,10,14,16,18H,6-9H2,1-3H3;1H/t10?,14-,16-;/m0./s1. The third-order valence-electron chi connectivity index (χ3n) is 4.68. The van der Waals surface area contributed by atoms with Crippen LogP contribution >= 0.6 is 12.4 Å². The Hall–Kier alpha value is -0.810. The molecule has 3 atom stereocenters. The third-order valence-corrected chi connectivity index (χ3v) is 4.68. The van der Waals surface area contributed by atoms with Gasteiger partial charge in [-0.3, -0.25) is 4.90 Å². The van der Waals surface area contributed by atoms with E-state index in [0.29, 0.717) is 6.04 Å². The Labute approximate surface area is 132 Å². The number of benzene rings is 1. The molecule has 1 fully saturated rings. The highest BCUT2D eigenvalue weighted by Crippen LogP contribution is 2.37. The van der Waals surface area contributed by atoms with E-state index in [0.717, 1.165) is 37.3 Å². The van der Waals surface area contributed by atoms with Crippen LogP contribution in [0.2, 0.25) is 0 Å². The minimum atomic E-state index is -0.451. The Bertz CT molecular complexity index is 507. The number of likely N-dealkylation sites (N-methyl/N-ethyl adjacent to an activating group) is 1. The fourth-order valence-corrected chi connectivity index (χ4v) is 3.54. The van der Waals surface area contributed by atoms with Gasteiger partial charge in [0.15, 0.2) is 0 Å². The van der Waals surface area contributed by atoms with Crippen LogP contribution in [0.4, 0.5) is 0 Å². The maximum atomic E-state index is 10.00. The molecular weight excluding hydrogens is 290 g/mol. The monoisotopic (exact) mass is 313 g/mol. The van der Waals surface area contributed by atoms with Crippen molar-refractivity contribution in [2.45, 2.75) is 38.0 Å². The van der Waals surface area contributed by atoms with Gasteiger partial charge in [0.05, 0.1) is 25.9 Å². The lowest BCUT2D eigenvalue weighted by Crippen LogP contribution is -2.53. The second-order valence-electron chi connectivity index (χ2n) is 5.86. The third kappa shape index (κ3) is 2.90. The van der Waals surface area contributed by atoms with E-state index in [4.69, 9.17) is 9.47 Å². The number of aliphatic hydroxyl groups is 1. The Balaban J connectivity index is 0.00000161. The van der Waals surface area contributed by atoms with Crippen molar-refractivity contribution in [2.24, 2.45) is 0 Å². The zero-order valence-electron chi connectivity index (χ0n) is 12.8. The number of rotatable bonds is 2. The van der Waals surface area contributed by atoms with Crippen LogP contribution in [0.5, 0.6) is 5.75 Å². The van der Waals surface area contributed by atoms with E-state index in [-0.39, 0.29) is 18.5 Å². The summed E-state index contributed by atoms with van der Waals surface area (Å²) in [6.45, 7) is 3.60. The molecule has 118 valence electrons. The summed E-state index contributed by atoms with van der Waals surface area (Å²) in [5, 5.41) is 10.00. The highest BCUT2D eigenvalue weighted by molar-refractivity contribution is 5.85. The van der Waals surface area contributed by atoms with Crippen LogP contribution in [0.15, 0.2) is 12.1 Å². The van der Waals surface area contributed by atoms with Gasteiger partial charge in [0.2, 0.25) is 0 Å². The number of halogens is 1. The smallest absolute Gasteiger partial charge is 0.122 e. The average molecular weight is 314 g/mol. The summed E-state index contributed by atoms with van der Waals surface area (Å²) in [6.07, 6.45) is 1.57. The minimum Gasteiger partial charge on any atom is -0.496 e. The van der Waals surface area contributed by atoms with E-state index in [9.17, 15) is 5.11 Å². The van der Waals surface area contributed by atoms with E-state index in [1.807, 2.05) is 19.1 Å². The van der Waals surface area contributed by atoms with Gasteiger partial charge in [-0.05, 0) is 43.1 Å². The Morgan fingerprint density at radius 2 is 2.10 bits per heavy atom. The van der Waals surface area contributed by atoms with Gasteiger partial charge in [0.1, 0.15) is 5.75 Å². The molecule has 1 aliphatic carbocycles. The fraction of sp³-hybridized carbons (Fsp3) is 0.625. The van der Waals surface area contributed by atoms with Gasteiger partial charge in [-0.25, -0.2) is 0 Å². The van der Waals surface area contributed by atoms with Gasteiger partial charge in [-0.1, -0.05) is 6.07 Å². The lowest BCUT2D eigenvalue weighted by Gasteiger charge is -2.43. The summed E-state index contributed by atoms with van der Waals surface area (Å²) in [4.78, 5) is 2.38. The van der Waals surface area contributed by atoms with Crippen molar-refractivity contribution in [3.8, 4) is 5.75 Å². The Morgan fingerprint density at radius 1 is 1.33 bits per heavy atom. The van der Waals surface area contributed by atoms with Crippen LogP contribution in [-0.4, -0.2) is 49.5 Å². The van der Waals surface area contributed by atoms with Crippen LogP contribution in [0, 0.1) is 0 Å². The molecule has 1 aliphatic heterocycles. The molecule has 0 aromatic heterocycles. The SMILES string of the molecule is COc1ccc(C(C)O)c2c1C[C@H]1[C@H](C2)OCCN1C.Cl. The van der Waals surface area contributed by atoms with Crippen molar-refractivity contribution < 1.29 is 14.6 Å². The number of hydrogen-bond donors (Lipinski definition) is 1. The first-order valence-corrected chi connectivity index (χ1v) is 7.30. The number of morpholine rings is 1. The van der Waals surface area contributed by atoms with Gasteiger partial charge in [0, 0.05) is 19.0 Å². The molecule has 1 heterocycles. The van der Waals surface area contributed by atoms with Crippen molar-refractivity contribution in [3.63, 3.8) is 0 Å². The lowest BCUT2D eigenvalue weighted by atomic mass is 9.81. The summed E-state index contributed by atoms with van der Waals surface area (Å²) >= 11 is 0. The van der Waals surface area contributed by atoms with E-state index in [2.05, 4.69) is 11.9 Å². The largest absolute Gasteiger partial charge is 0.496 e. The van der Waals surface area contributed by atoms with Crippen LogP contribution < -0.4 is 4.74 Å². The highest BCUT2D eigenvalue weighted by atomic mass is 35.5. The zero-order chi connectivity index (χ0) is 14.3. The van der Waals surface area contributed by atoms with Gasteiger partial charge in [-0.2, -0.15) is 0 Å². The molecule has 1 unspecified atom stereocenters. The summed E-state index contributed by atoms with van der Waals surface area (Å²) in [5.41, 5.74) is 3.47. The first-order chi connectivity index (χ1) is 9.61. The molecule has 1 aromatic carbocycles. The molecule has 1 aromatic rings. The molecule has 2 aliphatic rings. The highest BCUT2D eigenvalue weighted by Gasteiger charge is 2.37. The normalized spacial score (nSPS) is 26.3. The fourth-order valence-electron chi connectivity index (χ4n) is 3.54. The zero-order valence-corrected chi connectivity index (χ0v) is 13.7. The topological polar surface area (TPSA) is 41.9 Å². The van der Waals surface area contributed by atoms with E-state index in [1.165, 1.54) is 11.1 Å². The van der Waals surface area contributed by atoms with Crippen molar-refractivity contribution in [2.75, 3.05) is 27.3 Å². The number of aliphatic hydroxyl groups excluding tert-OH is 1. The molecule has 1 N–H and O–H groups in total. The molecule has 0 radical (unpaired) electrons. The second-order valence-corrected chi connectivity index (χ2v) is 5.86. The number of fused-ring (bicyclic) bond motifs is 2. The van der Waals surface area contributed by atoms with Crippen LogP contribution in [0.1, 0.15) is 29.7 Å². The average Bonchev–Trinajstić information content (AvgIpc) is 2.44. The predicted molar refractivity (Wildman–Crippen MR) is 84.4 cm³/mol. The number of hydrogen-bond acceptors (Lipinski definition) is 4. The molecule has 0 spiro atoms. The van der Waals surface area contributed by atoms with Crippen molar-refractivity contribution in [1.82, 2.24) is 4.90 Å². The minimum absolute atomic E-state index is 0. The molecule has 5 heteroatoms. The molecule has 4 nitrogen and oxygen atoms in total. The van der Waals surface area contributed by atoms with Gasteiger partial charge < -0.3 is 14.6 Å². The molecule has 0 bridgehead atoms. The van der Waals surface area contributed by atoms with Gasteiger partial charge in [0.25, 0.3) is 0 Å². The Kier molecular flexibility index (Phi) is 5.15. The van der Waals surface area contributed by atoms with E-state index in [1.54, 1.807) is 7.11 Å². The number of nitrogens with zero attached hydrogens (tertiary/aromatic N) is 1. The van der Waals surface area contributed by atoms with Crippen LogP contribution in [0.3, 0.4) is 0 Å².